The number of carboxylic acid groups (broad SMARTS) is 1. The summed E-state index contributed by atoms with van der Waals surface area (Å²) < 4.78 is 11.1. The Balaban J connectivity index is 3.02. The van der Waals surface area contributed by atoms with Crippen molar-refractivity contribution >= 4 is 20.3 Å². The third kappa shape index (κ3) is 1.92. The molecule has 1 aliphatic heterocycles. The van der Waals surface area contributed by atoms with Crippen molar-refractivity contribution in [2.45, 2.75) is 31.1 Å². The number of rotatable bonds is 3. The molecule has 6 nitrogen and oxygen atoms in total. The smallest absolute Gasteiger partial charge is 0.336 e. The summed E-state index contributed by atoms with van der Waals surface area (Å²) in [5, 5.41) is 7.56. The number of carbonyl (C=O) groups excluding carboxylic acids is 1. The van der Waals surface area contributed by atoms with Gasteiger partial charge in [0.1, 0.15) is 8.46 Å². The van der Waals surface area contributed by atoms with Crippen LogP contribution in [-0.2, 0) is 14.2 Å². The predicted octanol–water partition coefficient (Wildman–Crippen LogP) is -0.507. The highest BCUT2D eigenvalue weighted by atomic mass is 31.1. The average Bonchev–Trinajstić information content (AvgIpc) is 2.60. The minimum atomic E-state index is -1.58. The number of amides is 1. The van der Waals surface area contributed by atoms with Crippen molar-refractivity contribution in [2.75, 3.05) is 6.54 Å². The van der Waals surface area contributed by atoms with Crippen LogP contribution < -0.4 is 5.73 Å². The van der Waals surface area contributed by atoms with E-state index < -0.39 is 31.7 Å². The summed E-state index contributed by atoms with van der Waals surface area (Å²) in [6, 6.07) is -0.757. The average molecular weight is 234 g/mol. The molecule has 15 heavy (non-hydrogen) atoms. The Kier molecular flexibility index (Phi) is 3.52. The molecule has 3 atom stereocenters. The topological polar surface area (TPSA) is 101 Å². The van der Waals surface area contributed by atoms with Crippen molar-refractivity contribution in [2.24, 2.45) is 5.73 Å². The van der Waals surface area contributed by atoms with Gasteiger partial charge in [0.05, 0.1) is 6.04 Å². The molecule has 0 radical (unpaired) electrons. The van der Waals surface area contributed by atoms with Crippen molar-refractivity contribution in [3.05, 3.63) is 0 Å². The summed E-state index contributed by atoms with van der Waals surface area (Å²) in [6.07, 6.45) is 0.805. The first kappa shape index (κ1) is 12.2. The van der Waals surface area contributed by atoms with Crippen molar-refractivity contribution < 1.29 is 19.3 Å². The molecule has 0 aliphatic carbocycles. The Morgan fingerprint density at radius 2 is 2.20 bits per heavy atom. The number of hydrogen-bond acceptors (Lipinski definition) is 4. The largest absolute Gasteiger partial charge is 0.479 e. The minimum absolute atomic E-state index is 0.250. The van der Waals surface area contributed by atoms with Crippen LogP contribution in [0.2, 0.25) is 0 Å². The molecule has 0 bridgehead atoms. The minimum Gasteiger partial charge on any atom is -0.479 e. The van der Waals surface area contributed by atoms with Gasteiger partial charge < -0.3 is 20.3 Å². The van der Waals surface area contributed by atoms with Gasteiger partial charge in [-0.05, 0) is 19.8 Å². The molecule has 7 heteroatoms. The number of hydrogen-bond donors (Lipinski definition) is 2. The van der Waals surface area contributed by atoms with Gasteiger partial charge in [0.25, 0.3) is 0 Å². The fourth-order valence-electron chi connectivity index (χ4n) is 1.79. The van der Waals surface area contributed by atoms with Crippen LogP contribution in [0, 0.1) is 0 Å². The number of aliphatic carboxylic acids is 1. The van der Waals surface area contributed by atoms with E-state index in [0.717, 1.165) is 4.90 Å². The first-order valence-corrected chi connectivity index (χ1v) is 5.77. The summed E-state index contributed by atoms with van der Waals surface area (Å²) in [6.45, 7) is 1.81. The van der Waals surface area contributed by atoms with Gasteiger partial charge in [-0.15, -0.1) is 0 Å². The zero-order valence-corrected chi connectivity index (χ0v) is 9.63. The summed E-state index contributed by atoms with van der Waals surface area (Å²) in [7, 11) is -1.58. The molecule has 0 saturated carbocycles. The van der Waals surface area contributed by atoms with Crippen molar-refractivity contribution in [1.82, 2.24) is 4.90 Å². The maximum Gasteiger partial charge on any atom is 0.336 e. The molecule has 0 spiro atoms. The van der Waals surface area contributed by atoms with Gasteiger partial charge in [-0.3, -0.25) is 4.79 Å². The van der Waals surface area contributed by atoms with Gasteiger partial charge >= 0.3 is 5.97 Å². The standard InChI is InChI=1S/C8H15N2O4P/c1-5(9)6(11)10-4-2-3-8(10,15-14)7(12)13/h5H,2-4,9,15H2,1H3,(H,12,13). The molecule has 3 N–H and O–H groups in total. The van der Waals surface area contributed by atoms with E-state index in [-0.39, 0.29) is 6.42 Å². The molecule has 86 valence electrons. The van der Waals surface area contributed by atoms with Crippen LogP contribution in [0.5, 0.6) is 0 Å². The Morgan fingerprint density at radius 1 is 1.60 bits per heavy atom. The summed E-state index contributed by atoms with van der Waals surface area (Å²) >= 11 is 0. The van der Waals surface area contributed by atoms with Crippen LogP contribution in [0.15, 0.2) is 0 Å². The molecule has 1 rings (SSSR count). The van der Waals surface area contributed by atoms with Gasteiger partial charge in [-0.2, -0.15) is 0 Å². The molecule has 1 heterocycles. The maximum absolute atomic E-state index is 11.6. The fraction of sp³-hybridized carbons (Fsp3) is 0.750. The molecule has 1 fully saturated rings. The van der Waals surface area contributed by atoms with Crippen LogP contribution in [0.4, 0.5) is 0 Å². The van der Waals surface area contributed by atoms with Crippen LogP contribution in [0.25, 0.3) is 0 Å². The van der Waals surface area contributed by atoms with Crippen molar-refractivity contribution in [3.8, 4) is 0 Å². The van der Waals surface area contributed by atoms with E-state index in [0.29, 0.717) is 13.0 Å². The number of carboxylic acids is 1. The fourth-order valence-corrected chi connectivity index (χ4v) is 2.60. The Bertz CT molecular complexity index is 307. The third-order valence-corrected chi connectivity index (χ3v) is 3.88. The molecule has 0 aromatic rings. The quantitative estimate of drug-likeness (QED) is 0.641. The van der Waals surface area contributed by atoms with Crippen LogP contribution in [0.3, 0.4) is 0 Å². The lowest BCUT2D eigenvalue weighted by molar-refractivity contribution is -0.151. The van der Waals surface area contributed by atoms with Crippen molar-refractivity contribution in [3.63, 3.8) is 0 Å². The highest BCUT2D eigenvalue weighted by Crippen LogP contribution is 2.38. The van der Waals surface area contributed by atoms with Gasteiger partial charge in [0.15, 0.2) is 5.28 Å². The highest BCUT2D eigenvalue weighted by Gasteiger charge is 2.49. The van der Waals surface area contributed by atoms with E-state index in [1.807, 2.05) is 0 Å². The third-order valence-electron chi connectivity index (χ3n) is 2.64. The monoisotopic (exact) mass is 234 g/mol. The zero-order valence-electron chi connectivity index (χ0n) is 8.47. The molecule has 1 saturated heterocycles. The maximum atomic E-state index is 11.6. The second-order valence-corrected chi connectivity index (χ2v) is 4.92. The molecule has 3 unspecified atom stereocenters. The lowest BCUT2D eigenvalue weighted by atomic mass is 10.2. The summed E-state index contributed by atoms with van der Waals surface area (Å²) in [5.41, 5.74) is 5.41. The van der Waals surface area contributed by atoms with Gasteiger partial charge in [0, 0.05) is 6.54 Å². The van der Waals surface area contributed by atoms with E-state index in [4.69, 9.17) is 10.8 Å². The number of likely N-dealkylation sites (tertiary alicyclic amines) is 1. The normalized spacial score (nSPS) is 28.5. The number of carbonyl (C=O) groups is 2. The molecular formula is C8H15N2O4P. The van der Waals surface area contributed by atoms with Gasteiger partial charge in [0.2, 0.25) is 5.91 Å². The molecule has 0 aromatic heterocycles. The first-order chi connectivity index (χ1) is 6.95. The van der Waals surface area contributed by atoms with Crippen LogP contribution in [0.1, 0.15) is 19.8 Å². The van der Waals surface area contributed by atoms with Crippen LogP contribution in [-0.4, -0.2) is 39.7 Å². The van der Waals surface area contributed by atoms with E-state index in [9.17, 15) is 14.2 Å². The first-order valence-electron chi connectivity index (χ1n) is 4.72. The summed E-state index contributed by atoms with van der Waals surface area (Å²) in [4.78, 5) is 23.9. The number of nitrogens with two attached hydrogens (primary N) is 1. The van der Waals surface area contributed by atoms with E-state index in [2.05, 4.69) is 0 Å². The predicted molar refractivity (Wildman–Crippen MR) is 55.4 cm³/mol. The van der Waals surface area contributed by atoms with Crippen molar-refractivity contribution in [1.29, 1.82) is 0 Å². The van der Waals surface area contributed by atoms with E-state index >= 15 is 0 Å². The molecule has 0 aromatic carbocycles. The zero-order chi connectivity index (χ0) is 11.6. The molecular weight excluding hydrogens is 219 g/mol. The van der Waals surface area contributed by atoms with E-state index in [1.165, 1.54) is 6.92 Å². The summed E-state index contributed by atoms with van der Waals surface area (Å²) in [5.74, 6) is -1.64. The number of nitrogens with zero attached hydrogens (tertiary/aromatic N) is 1. The second kappa shape index (κ2) is 4.33. The molecule has 1 aliphatic rings. The van der Waals surface area contributed by atoms with Crippen LogP contribution >= 0.6 is 8.46 Å². The Labute approximate surface area is 88.6 Å². The lowest BCUT2D eigenvalue weighted by Gasteiger charge is -2.31. The van der Waals surface area contributed by atoms with Gasteiger partial charge in [-0.25, -0.2) is 4.79 Å². The Morgan fingerprint density at radius 3 is 2.60 bits per heavy atom. The van der Waals surface area contributed by atoms with E-state index in [1.54, 1.807) is 0 Å². The second-order valence-electron chi connectivity index (χ2n) is 3.73. The SMILES string of the molecule is CC(N)C(=O)N1CCCC1([PH2]=O)C(=O)O. The molecule has 1 amide bonds. The van der Waals surface area contributed by atoms with Gasteiger partial charge in [-0.1, -0.05) is 0 Å². The Hall–Kier alpha value is -0.870. The highest BCUT2D eigenvalue weighted by molar-refractivity contribution is 7.27. The lowest BCUT2D eigenvalue weighted by Crippen LogP contribution is -2.53.